The molecule has 0 aromatic heterocycles. The van der Waals surface area contributed by atoms with Crippen LogP contribution >= 0.6 is 23.2 Å². The van der Waals surface area contributed by atoms with E-state index >= 15 is 0 Å². The second-order valence-electron chi connectivity index (χ2n) is 9.92. The third kappa shape index (κ3) is 7.77. The van der Waals surface area contributed by atoms with Gasteiger partial charge in [0, 0.05) is 12.6 Å². The molecule has 10 heteroatoms. The summed E-state index contributed by atoms with van der Waals surface area (Å²) < 4.78 is 28.8. The van der Waals surface area contributed by atoms with Crippen molar-refractivity contribution in [3.05, 3.63) is 93.5 Å². The summed E-state index contributed by atoms with van der Waals surface area (Å²) in [5.41, 5.74) is 2.84. The minimum Gasteiger partial charge on any atom is -0.352 e. The van der Waals surface area contributed by atoms with Crippen LogP contribution in [-0.4, -0.2) is 43.8 Å². The molecule has 0 saturated heterocycles. The summed E-state index contributed by atoms with van der Waals surface area (Å²) in [6.45, 7) is 8.72. The van der Waals surface area contributed by atoms with Gasteiger partial charge in [-0.25, -0.2) is 8.42 Å². The zero-order chi connectivity index (χ0) is 29.6. The Morgan fingerprint density at radius 3 is 2.00 bits per heavy atom. The van der Waals surface area contributed by atoms with Crippen LogP contribution in [0.15, 0.2) is 71.6 Å². The SMILES string of the molecule is CC[C@H](C)NC(=O)[C@H](C)N(Cc1ccc(Cl)c(Cl)c1)C(=O)CN(c1ccc(C)cc1)S(=O)(=O)c1ccc(C)cc1. The molecule has 0 aliphatic carbocycles. The monoisotopic (exact) mass is 603 g/mol. The van der Waals surface area contributed by atoms with Gasteiger partial charge in [0.25, 0.3) is 10.0 Å². The van der Waals surface area contributed by atoms with Crippen molar-refractivity contribution in [2.45, 2.75) is 64.6 Å². The Labute approximate surface area is 247 Å². The van der Waals surface area contributed by atoms with Crippen molar-refractivity contribution in [2.24, 2.45) is 0 Å². The Bertz CT molecular complexity index is 1440. The molecule has 0 fully saturated rings. The lowest BCUT2D eigenvalue weighted by Crippen LogP contribution is -2.52. The molecule has 3 aromatic carbocycles. The smallest absolute Gasteiger partial charge is 0.264 e. The molecular formula is C30H35Cl2N3O4S. The number of rotatable bonds is 11. The number of nitrogens with one attached hydrogen (secondary N) is 1. The van der Waals surface area contributed by atoms with E-state index in [1.165, 1.54) is 17.0 Å². The number of carbonyl (C=O) groups is 2. The maximum Gasteiger partial charge on any atom is 0.264 e. The Morgan fingerprint density at radius 2 is 1.45 bits per heavy atom. The first-order valence-electron chi connectivity index (χ1n) is 13.0. The summed E-state index contributed by atoms with van der Waals surface area (Å²) in [5.74, 6) is -0.889. The van der Waals surface area contributed by atoms with Crippen LogP contribution in [-0.2, 0) is 26.2 Å². The molecule has 214 valence electrons. The minimum absolute atomic E-state index is 0.0249. The number of aryl methyl sites for hydroxylation is 2. The zero-order valence-corrected chi connectivity index (χ0v) is 25.6. The Morgan fingerprint density at radius 1 is 0.875 bits per heavy atom. The van der Waals surface area contributed by atoms with E-state index in [1.807, 2.05) is 27.7 Å². The third-order valence-corrected chi connectivity index (χ3v) is 9.24. The molecule has 0 saturated carbocycles. The molecule has 0 radical (unpaired) electrons. The van der Waals surface area contributed by atoms with Crippen molar-refractivity contribution in [3.8, 4) is 0 Å². The van der Waals surface area contributed by atoms with Crippen LogP contribution in [0.25, 0.3) is 0 Å². The van der Waals surface area contributed by atoms with Crippen LogP contribution in [0.1, 0.15) is 43.9 Å². The topological polar surface area (TPSA) is 86.8 Å². The highest BCUT2D eigenvalue weighted by Gasteiger charge is 2.32. The van der Waals surface area contributed by atoms with E-state index in [4.69, 9.17) is 23.2 Å². The largest absolute Gasteiger partial charge is 0.352 e. The normalized spacial score (nSPS) is 12.9. The lowest BCUT2D eigenvalue weighted by atomic mass is 10.1. The molecule has 0 aliphatic rings. The second kappa shape index (κ2) is 13.5. The third-order valence-electron chi connectivity index (χ3n) is 6.72. The molecule has 0 bridgehead atoms. The van der Waals surface area contributed by atoms with Crippen molar-refractivity contribution in [3.63, 3.8) is 0 Å². The molecule has 3 rings (SSSR count). The van der Waals surface area contributed by atoms with E-state index < -0.39 is 28.5 Å². The number of hydrogen-bond acceptors (Lipinski definition) is 4. The first-order chi connectivity index (χ1) is 18.8. The molecule has 3 aromatic rings. The van der Waals surface area contributed by atoms with Crippen LogP contribution in [0, 0.1) is 13.8 Å². The molecule has 2 atom stereocenters. The quantitative estimate of drug-likeness (QED) is 0.285. The number of sulfonamides is 1. The summed E-state index contributed by atoms with van der Waals surface area (Å²) in [6, 6.07) is 17.3. The van der Waals surface area contributed by atoms with Gasteiger partial charge in [-0.2, -0.15) is 0 Å². The van der Waals surface area contributed by atoms with Gasteiger partial charge >= 0.3 is 0 Å². The van der Waals surface area contributed by atoms with Gasteiger partial charge in [0.15, 0.2) is 0 Å². The molecule has 0 heterocycles. The average molecular weight is 605 g/mol. The van der Waals surface area contributed by atoms with Crippen molar-refractivity contribution >= 4 is 50.7 Å². The summed E-state index contributed by atoms with van der Waals surface area (Å²) in [6.07, 6.45) is 0.717. The van der Waals surface area contributed by atoms with E-state index in [1.54, 1.807) is 61.5 Å². The van der Waals surface area contributed by atoms with E-state index in [0.717, 1.165) is 21.9 Å². The van der Waals surface area contributed by atoms with Crippen LogP contribution < -0.4 is 9.62 Å². The molecule has 1 N–H and O–H groups in total. The molecule has 40 heavy (non-hydrogen) atoms. The van der Waals surface area contributed by atoms with Crippen LogP contribution in [0.5, 0.6) is 0 Å². The Balaban J connectivity index is 2.03. The van der Waals surface area contributed by atoms with Gasteiger partial charge in [-0.05, 0) is 76.1 Å². The fourth-order valence-corrected chi connectivity index (χ4v) is 5.69. The number of benzene rings is 3. The van der Waals surface area contributed by atoms with E-state index in [9.17, 15) is 18.0 Å². The molecule has 0 unspecified atom stereocenters. The molecule has 7 nitrogen and oxygen atoms in total. The Kier molecular flexibility index (Phi) is 10.6. The highest BCUT2D eigenvalue weighted by molar-refractivity contribution is 7.92. The number of hydrogen-bond donors (Lipinski definition) is 1. The summed E-state index contributed by atoms with van der Waals surface area (Å²) >= 11 is 12.3. The summed E-state index contributed by atoms with van der Waals surface area (Å²) in [4.78, 5) is 28.5. The van der Waals surface area contributed by atoms with Crippen LogP contribution in [0.3, 0.4) is 0 Å². The number of amides is 2. The fourth-order valence-electron chi connectivity index (χ4n) is 3.96. The van der Waals surface area contributed by atoms with E-state index in [2.05, 4.69) is 5.32 Å². The molecule has 2 amide bonds. The van der Waals surface area contributed by atoms with Crippen LogP contribution in [0.2, 0.25) is 10.0 Å². The van der Waals surface area contributed by atoms with Crippen molar-refractivity contribution < 1.29 is 18.0 Å². The number of anilines is 1. The van der Waals surface area contributed by atoms with Gasteiger partial charge in [0.2, 0.25) is 11.8 Å². The number of carbonyl (C=O) groups excluding carboxylic acids is 2. The number of nitrogens with zero attached hydrogens (tertiary/aromatic N) is 2. The van der Waals surface area contributed by atoms with Crippen molar-refractivity contribution in [1.82, 2.24) is 10.2 Å². The maximum atomic E-state index is 14.0. The van der Waals surface area contributed by atoms with Gasteiger partial charge in [-0.15, -0.1) is 0 Å². The van der Waals surface area contributed by atoms with Gasteiger partial charge in [-0.3, -0.25) is 13.9 Å². The maximum absolute atomic E-state index is 14.0. The molecule has 0 spiro atoms. The fraction of sp³-hybridized carbons (Fsp3) is 0.333. The predicted molar refractivity (Wildman–Crippen MR) is 161 cm³/mol. The second-order valence-corrected chi connectivity index (χ2v) is 12.6. The summed E-state index contributed by atoms with van der Waals surface area (Å²) in [5, 5.41) is 3.58. The summed E-state index contributed by atoms with van der Waals surface area (Å²) in [7, 11) is -4.12. The first-order valence-corrected chi connectivity index (χ1v) is 15.2. The van der Waals surface area contributed by atoms with Gasteiger partial charge < -0.3 is 10.2 Å². The standard InChI is InChI=1S/C30H35Cl2N3O4S/c1-6-22(4)33-30(37)23(5)34(18-24-11-16-27(31)28(32)17-24)29(36)19-35(25-12-7-20(2)8-13-25)40(38,39)26-14-9-21(3)10-15-26/h7-17,22-23H,6,18-19H2,1-5H3,(H,33,37)/t22-,23-/m0/s1. The highest BCUT2D eigenvalue weighted by Crippen LogP contribution is 2.27. The molecule has 0 aliphatic heterocycles. The predicted octanol–water partition coefficient (Wildman–Crippen LogP) is 6.14. The van der Waals surface area contributed by atoms with E-state index in [0.29, 0.717) is 21.3 Å². The van der Waals surface area contributed by atoms with Gasteiger partial charge in [0.05, 0.1) is 20.6 Å². The van der Waals surface area contributed by atoms with Crippen molar-refractivity contribution in [2.75, 3.05) is 10.8 Å². The van der Waals surface area contributed by atoms with Gasteiger partial charge in [-0.1, -0.05) is 71.6 Å². The highest BCUT2D eigenvalue weighted by atomic mass is 35.5. The van der Waals surface area contributed by atoms with Gasteiger partial charge in [0.1, 0.15) is 12.6 Å². The van der Waals surface area contributed by atoms with Crippen LogP contribution in [0.4, 0.5) is 5.69 Å². The zero-order valence-electron chi connectivity index (χ0n) is 23.3. The average Bonchev–Trinajstić information content (AvgIpc) is 2.92. The van der Waals surface area contributed by atoms with Crippen molar-refractivity contribution in [1.29, 1.82) is 0 Å². The first kappa shape index (κ1) is 31.5. The number of halogens is 2. The lowest BCUT2D eigenvalue weighted by molar-refractivity contribution is -0.139. The van der Waals surface area contributed by atoms with E-state index in [-0.39, 0.29) is 23.4 Å². The lowest BCUT2D eigenvalue weighted by Gasteiger charge is -2.32. The minimum atomic E-state index is -4.12. The molecular weight excluding hydrogens is 569 g/mol. The Hall–Kier alpha value is -3.07.